The normalized spacial score (nSPS) is 23.1. The third-order valence-corrected chi connectivity index (χ3v) is 5.37. The number of rotatable bonds is 4. The fourth-order valence-electron chi connectivity index (χ4n) is 3.90. The molecule has 1 heterocycles. The van der Waals surface area contributed by atoms with E-state index in [2.05, 4.69) is 4.90 Å². The molecular weight excluding hydrogens is 296 g/mol. The molecule has 1 aliphatic heterocycles. The monoisotopic (exact) mass is 323 g/mol. The molecule has 2 nitrogen and oxygen atoms in total. The van der Waals surface area contributed by atoms with Crippen LogP contribution in [0.15, 0.2) is 18.2 Å². The first-order valence-electron chi connectivity index (χ1n) is 8.98. The van der Waals surface area contributed by atoms with Crippen molar-refractivity contribution in [2.75, 3.05) is 13.1 Å². The highest BCUT2D eigenvalue weighted by Gasteiger charge is 2.27. The molecule has 0 spiro atoms. The van der Waals surface area contributed by atoms with Gasteiger partial charge in [0.05, 0.1) is 12.2 Å². The number of piperidine rings is 1. The molecule has 2 fully saturated rings. The molecule has 1 saturated heterocycles. The van der Waals surface area contributed by atoms with Crippen LogP contribution in [0.4, 0.5) is 8.78 Å². The van der Waals surface area contributed by atoms with Crippen molar-refractivity contribution in [1.29, 1.82) is 0 Å². The zero-order chi connectivity index (χ0) is 16.2. The van der Waals surface area contributed by atoms with E-state index in [1.807, 2.05) is 6.92 Å². The van der Waals surface area contributed by atoms with Crippen LogP contribution in [0.2, 0.25) is 0 Å². The highest BCUT2D eigenvalue weighted by Crippen LogP contribution is 2.29. The largest absolute Gasteiger partial charge is 0.375 e. The molecule has 0 aromatic heterocycles. The summed E-state index contributed by atoms with van der Waals surface area (Å²) < 4.78 is 33.6. The number of benzene rings is 1. The van der Waals surface area contributed by atoms with Crippen molar-refractivity contribution in [2.45, 2.75) is 70.1 Å². The van der Waals surface area contributed by atoms with Crippen LogP contribution in [-0.4, -0.2) is 30.2 Å². The lowest BCUT2D eigenvalue weighted by Gasteiger charge is -2.38. The Hall–Kier alpha value is -1.00. The molecule has 1 aromatic carbocycles. The van der Waals surface area contributed by atoms with Gasteiger partial charge in [0.2, 0.25) is 0 Å². The Labute approximate surface area is 137 Å². The molecule has 1 atom stereocenters. The van der Waals surface area contributed by atoms with Crippen LogP contribution in [0.3, 0.4) is 0 Å². The lowest BCUT2D eigenvalue weighted by atomic mass is 9.96. The summed E-state index contributed by atoms with van der Waals surface area (Å²) in [4.78, 5) is 2.23. The molecule has 1 aliphatic carbocycles. The van der Waals surface area contributed by atoms with Gasteiger partial charge in [0.1, 0.15) is 11.6 Å². The molecule has 0 bridgehead atoms. The van der Waals surface area contributed by atoms with Crippen molar-refractivity contribution in [2.24, 2.45) is 0 Å². The zero-order valence-corrected chi connectivity index (χ0v) is 13.9. The Morgan fingerprint density at radius 1 is 1.00 bits per heavy atom. The van der Waals surface area contributed by atoms with Crippen LogP contribution >= 0.6 is 0 Å². The van der Waals surface area contributed by atoms with Crippen molar-refractivity contribution in [3.63, 3.8) is 0 Å². The minimum Gasteiger partial charge on any atom is -0.375 e. The van der Waals surface area contributed by atoms with E-state index in [0.29, 0.717) is 17.8 Å². The molecule has 23 heavy (non-hydrogen) atoms. The van der Waals surface area contributed by atoms with Gasteiger partial charge in [0.25, 0.3) is 0 Å². The highest BCUT2D eigenvalue weighted by molar-refractivity contribution is 5.22. The fraction of sp³-hybridized carbons (Fsp3) is 0.684. The van der Waals surface area contributed by atoms with E-state index in [4.69, 9.17) is 4.74 Å². The van der Waals surface area contributed by atoms with Crippen LogP contribution in [0.5, 0.6) is 0 Å². The topological polar surface area (TPSA) is 12.5 Å². The van der Waals surface area contributed by atoms with Crippen molar-refractivity contribution in [1.82, 2.24) is 4.90 Å². The molecular formula is C19H27F2NO. The minimum absolute atomic E-state index is 0.0960. The van der Waals surface area contributed by atoms with Crippen molar-refractivity contribution < 1.29 is 13.5 Å². The second-order valence-electron chi connectivity index (χ2n) is 6.97. The van der Waals surface area contributed by atoms with Gasteiger partial charge in [-0.3, -0.25) is 4.90 Å². The Balaban J connectivity index is 1.52. The number of nitrogens with zero attached hydrogens (tertiary/aromatic N) is 1. The van der Waals surface area contributed by atoms with Gasteiger partial charge >= 0.3 is 0 Å². The number of hydrogen-bond acceptors (Lipinski definition) is 2. The van der Waals surface area contributed by atoms with Crippen LogP contribution in [0, 0.1) is 11.6 Å². The van der Waals surface area contributed by atoms with Gasteiger partial charge in [0, 0.05) is 24.7 Å². The SMILES string of the molecule is CC(c1cc(F)ccc1F)N1CCC(OC2CCCCC2)CC1. The van der Waals surface area contributed by atoms with E-state index in [1.165, 1.54) is 50.3 Å². The van der Waals surface area contributed by atoms with E-state index in [9.17, 15) is 8.78 Å². The number of ether oxygens (including phenoxy) is 1. The van der Waals surface area contributed by atoms with Crippen LogP contribution in [0.25, 0.3) is 0 Å². The maximum absolute atomic E-state index is 13.9. The summed E-state index contributed by atoms with van der Waals surface area (Å²) in [6.07, 6.45) is 9.07. The minimum atomic E-state index is -0.372. The van der Waals surface area contributed by atoms with Gasteiger partial charge in [0.15, 0.2) is 0 Å². The lowest BCUT2D eigenvalue weighted by molar-refractivity contribution is -0.0597. The van der Waals surface area contributed by atoms with Crippen molar-refractivity contribution in [3.8, 4) is 0 Å². The Kier molecular flexibility index (Phi) is 5.65. The number of halogens is 2. The Bertz CT molecular complexity index is 508. The molecule has 2 aliphatic rings. The van der Waals surface area contributed by atoms with Gasteiger partial charge in [-0.2, -0.15) is 0 Å². The standard InChI is InChI=1S/C19H27F2NO/c1-14(18-13-15(20)7-8-19(18)21)22-11-9-17(10-12-22)23-16-5-3-2-4-6-16/h7-8,13-14,16-17H,2-6,9-12H2,1H3. The molecule has 0 amide bonds. The first-order valence-corrected chi connectivity index (χ1v) is 8.98. The number of likely N-dealkylation sites (tertiary alicyclic amines) is 1. The van der Waals surface area contributed by atoms with Gasteiger partial charge in [-0.1, -0.05) is 19.3 Å². The molecule has 128 valence electrons. The van der Waals surface area contributed by atoms with Gasteiger partial charge in [-0.15, -0.1) is 0 Å². The first-order chi connectivity index (χ1) is 11.1. The fourth-order valence-corrected chi connectivity index (χ4v) is 3.90. The van der Waals surface area contributed by atoms with Crippen molar-refractivity contribution >= 4 is 0 Å². The van der Waals surface area contributed by atoms with E-state index in [1.54, 1.807) is 0 Å². The van der Waals surface area contributed by atoms with Crippen molar-refractivity contribution in [3.05, 3.63) is 35.4 Å². The molecule has 4 heteroatoms. The summed E-state index contributed by atoms with van der Waals surface area (Å²) in [6.45, 7) is 3.73. The Morgan fingerprint density at radius 2 is 1.65 bits per heavy atom. The van der Waals surface area contributed by atoms with Crippen LogP contribution in [0.1, 0.15) is 63.5 Å². The summed E-state index contributed by atoms with van der Waals surface area (Å²) in [5.41, 5.74) is 0.455. The average molecular weight is 323 g/mol. The van der Waals surface area contributed by atoms with Crippen LogP contribution in [-0.2, 0) is 4.74 Å². The first kappa shape index (κ1) is 16.8. The van der Waals surface area contributed by atoms with E-state index >= 15 is 0 Å². The lowest BCUT2D eigenvalue weighted by Crippen LogP contribution is -2.40. The van der Waals surface area contributed by atoms with Crippen LogP contribution < -0.4 is 0 Å². The van der Waals surface area contributed by atoms with Gasteiger partial charge in [-0.05, 0) is 50.8 Å². The molecule has 1 aromatic rings. The molecule has 1 unspecified atom stereocenters. The summed E-state index contributed by atoms with van der Waals surface area (Å²) in [5.74, 6) is -0.691. The zero-order valence-electron chi connectivity index (χ0n) is 13.9. The summed E-state index contributed by atoms with van der Waals surface area (Å²) in [6, 6.07) is 3.63. The predicted molar refractivity (Wildman–Crippen MR) is 87.3 cm³/mol. The molecule has 3 rings (SSSR count). The molecule has 0 radical (unpaired) electrons. The summed E-state index contributed by atoms with van der Waals surface area (Å²) in [7, 11) is 0. The third kappa shape index (κ3) is 4.30. The summed E-state index contributed by atoms with van der Waals surface area (Å²) >= 11 is 0. The van der Waals surface area contributed by atoms with E-state index in [0.717, 1.165) is 25.9 Å². The molecule has 1 saturated carbocycles. The molecule has 0 N–H and O–H groups in total. The predicted octanol–water partition coefficient (Wildman–Crippen LogP) is 4.84. The van der Waals surface area contributed by atoms with E-state index in [-0.39, 0.29) is 17.7 Å². The second-order valence-corrected chi connectivity index (χ2v) is 6.97. The summed E-state index contributed by atoms with van der Waals surface area (Å²) in [5, 5.41) is 0. The smallest absolute Gasteiger partial charge is 0.128 e. The third-order valence-electron chi connectivity index (χ3n) is 5.37. The quantitative estimate of drug-likeness (QED) is 0.786. The van der Waals surface area contributed by atoms with E-state index < -0.39 is 0 Å². The van der Waals surface area contributed by atoms with Gasteiger partial charge in [-0.25, -0.2) is 8.78 Å². The maximum Gasteiger partial charge on any atom is 0.128 e. The number of hydrogen-bond donors (Lipinski definition) is 0. The Morgan fingerprint density at radius 3 is 2.35 bits per heavy atom. The highest BCUT2D eigenvalue weighted by atomic mass is 19.1. The van der Waals surface area contributed by atoms with Gasteiger partial charge < -0.3 is 4.74 Å². The average Bonchev–Trinajstić information content (AvgIpc) is 2.58. The second kappa shape index (κ2) is 7.71. The maximum atomic E-state index is 13.9.